The number of hydrogen-bond acceptors (Lipinski definition) is 3. The van der Waals surface area contributed by atoms with Crippen molar-refractivity contribution in [2.45, 2.75) is 19.0 Å². The van der Waals surface area contributed by atoms with Crippen LogP contribution in [0, 0.1) is 0 Å². The number of ether oxygens (including phenoxy) is 1. The number of carbonyl (C=O) groups is 1. The number of nitrogens with zero attached hydrogens (tertiary/aromatic N) is 2. The van der Waals surface area contributed by atoms with Gasteiger partial charge >= 0.3 is 6.03 Å². The average Bonchev–Trinajstić information content (AvgIpc) is 2.75. The van der Waals surface area contributed by atoms with E-state index in [1.54, 1.807) is 4.90 Å². The molecule has 28 heavy (non-hydrogen) atoms. The van der Waals surface area contributed by atoms with Gasteiger partial charge in [-0.1, -0.05) is 54.1 Å². The lowest BCUT2D eigenvalue weighted by Gasteiger charge is -2.35. The molecule has 2 atom stereocenters. The summed E-state index contributed by atoms with van der Waals surface area (Å²) in [6.45, 7) is 5.76. The first-order chi connectivity index (χ1) is 13.6. The largest absolute Gasteiger partial charge is 0.379 e. The highest BCUT2D eigenvalue weighted by Gasteiger charge is 2.24. The van der Waals surface area contributed by atoms with E-state index in [9.17, 15) is 4.79 Å². The van der Waals surface area contributed by atoms with Crippen LogP contribution in [0.1, 0.15) is 30.1 Å². The highest BCUT2D eigenvalue weighted by molar-refractivity contribution is 6.30. The second-order valence-corrected chi connectivity index (χ2v) is 7.54. The number of hydrogen-bond donors (Lipinski definition) is 1. The third kappa shape index (κ3) is 5.25. The lowest BCUT2D eigenvalue weighted by Crippen LogP contribution is -2.46. The first kappa shape index (κ1) is 20.6. The van der Waals surface area contributed by atoms with Crippen molar-refractivity contribution in [1.29, 1.82) is 0 Å². The maximum Gasteiger partial charge on any atom is 0.317 e. The fraction of sp³-hybridized carbons (Fsp3) is 0.409. The Kier molecular flexibility index (Phi) is 7.31. The van der Waals surface area contributed by atoms with E-state index in [1.807, 2.05) is 56.4 Å². The van der Waals surface area contributed by atoms with Crippen molar-refractivity contribution >= 4 is 17.6 Å². The first-order valence-corrected chi connectivity index (χ1v) is 10.1. The summed E-state index contributed by atoms with van der Waals surface area (Å²) in [6.07, 6.45) is 0. The van der Waals surface area contributed by atoms with Gasteiger partial charge in [-0.3, -0.25) is 4.90 Å². The van der Waals surface area contributed by atoms with Crippen LogP contribution in [0.5, 0.6) is 0 Å². The Labute approximate surface area is 172 Å². The van der Waals surface area contributed by atoms with Crippen molar-refractivity contribution in [2.24, 2.45) is 0 Å². The second-order valence-electron chi connectivity index (χ2n) is 7.10. The van der Waals surface area contributed by atoms with E-state index in [0.717, 1.165) is 31.9 Å². The molecule has 1 N–H and O–H groups in total. The molecule has 3 rings (SSSR count). The van der Waals surface area contributed by atoms with Gasteiger partial charge in [0.1, 0.15) is 0 Å². The summed E-state index contributed by atoms with van der Waals surface area (Å²) >= 11 is 5.97. The Morgan fingerprint density at radius 1 is 1.11 bits per heavy atom. The molecule has 2 amide bonds. The van der Waals surface area contributed by atoms with E-state index < -0.39 is 0 Å². The topological polar surface area (TPSA) is 44.8 Å². The molecule has 0 bridgehead atoms. The summed E-state index contributed by atoms with van der Waals surface area (Å²) in [6, 6.07) is 17.9. The fourth-order valence-electron chi connectivity index (χ4n) is 3.47. The van der Waals surface area contributed by atoms with Crippen LogP contribution in [-0.2, 0) is 4.74 Å². The van der Waals surface area contributed by atoms with Crippen LogP contribution >= 0.6 is 11.6 Å². The minimum absolute atomic E-state index is 0.0455. The summed E-state index contributed by atoms with van der Waals surface area (Å²) in [5.74, 6) is 0. The SMILES string of the molecule is C[C@@H](c1ccc(Cl)cc1)N(C)C(=O)NC[C@H](c1ccccc1)N1CCOCC1. The maximum absolute atomic E-state index is 12.8. The Morgan fingerprint density at radius 3 is 2.39 bits per heavy atom. The van der Waals surface area contributed by atoms with Crippen molar-refractivity contribution in [3.05, 3.63) is 70.7 Å². The molecule has 1 aliphatic rings. The molecule has 2 aromatic carbocycles. The quantitative estimate of drug-likeness (QED) is 0.792. The molecule has 0 aromatic heterocycles. The van der Waals surface area contributed by atoms with E-state index in [1.165, 1.54) is 5.56 Å². The third-order valence-corrected chi connectivity index (χ3v) is 5.62. The number of urea groups is 1. The minimum atomic E-state index is -0.0864. The van der Waals surface area contributed by atoms with Crippen molar-refractivity contribution in [3.63, 3.8) is 0 Å². The normalized spacial score (nSPS) is 17.0. The van der Waals surface area contributed by atoms with Crippen molar-refractivity contribution in [1.82, 2.24) is 15.1 Å². The molecule has 0 unspecified atom stereocenters. The minimum Gasteiger partial charge on any atom is -0.379 e. The number of morpholine rings is 1. The van der Waals surface area contributed by atoms with Crippen molar-refractivity contribution < 1.29 is 9.53 Å². The molecule has 6 heteroatoms. The number of carbonyl (C=O) groups excluding carboxylic acids is 1. The highest BCUT2D eigenvalue weighted by Crippen LogP contribution is 2.23. The summed E-state index contributed by atoms with van der Waals surface area (Å²) in [5.41, 5.74) is 2.26. The smallest absolute Gasteiger partial charge is 0.317 e. The Bertz CT molecular complexity index is 748. The second kappa shape index (κ2) is 9.92. The molecule has 1 aliphatic heterocycles. The fourth-order valence-corrected chi connectivity index (χ4v) is 3.60. The molecule has 2 aromatic rings. The van der Waals surface area contributed by atoms with Gasteiger partial charge in [-0.05, 0) is 30.2 Å². The zero-order valence-corrected chi connectivity index (χ0v) is 17.2. The lowest BCUT2D eigenvalue weighted by molar-refractivity contribution is 0.0164. The number of amides is 2. The number of benzene rings is 2. The van der Waals surface area contributed by atoms with Gasteiger partial charge in [0.25, 0.3) is 0 Å². The summed E-state index contributed by atoms with van der Waals surface area (Å²) in [5, 5.41) is 3.81. The van der Waals surface area contributed by atoms with Gasteiger partial charge in [0.2, 0.25) is 0 Å². The molecule has 0 saturated carbocycles. The van der Waals surface area contributed by atoms with Crippen LogP contribution in [0.25, 0.3) is 0 Å². The molecule has 5 nitrogen and oxygen atoms in total. The molecule has 150 valence electrons. The zero-order chi connectivity index (χ0) is 19.9. The predicted molar refractivity (Wildman–Crippen MR) is 113 cm³/mol. The van der Waals surface area contributed by atoms with Crippen LogP contribution in [0.3, 0.4) is 0 Å². The summed E-state index contributed by atoms with van der Waals surface area (Å²) in [7, 11) is 1.82. The van der Waals surface area contributed by atoms with E-state index >= 15 is 0 Å². The Hall–Kier alpha value is -2.08. The lowest BCUT2D eigenvalue weighted by atomic mass is 10.0. The van der Waals surface area contributed by atoms with Gasteiger partial charge in [0.15, 0.2) is 0 Å². The van der Waals surface area contributed by atoms with Gasteiger partial charge in [0, 0.05) is 31.7 Å². The number of rotatable bonds is 6. The average molecular weight is 402 g/mol. The molecule has 0 aliphatic carbocycles. The number of nitrogens with one attached hydrogen (secondary N) is 1. The summed E-state index contributed by atoms with van der Waals surface area (Å²) < 4.78 is 5.49. The Morgan fingerprint density at radius 2 is 1.75 bits per heavy atom. The molecule has 1 saturated heterocycles. The standard InChI is InChI=1S/C22H28ClN3O2/c1-17(18-8-10-20(23)11-9-18)25(2)22(27)24-16-21(19-6-4-3-5-7-19)26-12-14-28-15-13-26/h3-11,17,21H,12-16H2,1-2H3,(H,24,27)/t17-,21+/m0/s1. The van der Waals surface area contributed by atoms with Crippen LogP contribution < -0.4 is 5.32 Å². The molecule has 1 fully saturated rings. The Balaban J connectivity index is 1.64. The molecule has 0 spiro atoms. The third-order valence-electron chi connectivity index (χ3n) is 5.37. The van der Waals surface area contributed by atoms with Crippen molar-refractivity contribution in [3.8, 4) is 0 Å². The molecule has 0 radical (unpaired) electrons. The molecular weight excluding hydrogens is 374 g/mol. The summed E-state index contributed by atoms with van der Waals surface area (Å²) in [4.78, 5) is 16.9. The monoisotopic (exact) mass is 401 g/mol. The van der Waals surface area contributed by atoms with Gasteiger partial charge < -0.3 is 15.0 Å². The molecular formula is C22H28ClN3O2. The van der Waals surface area contributed by atoms with Gasteiger partial charge in [-0.25, -0.2) is 4.79 Å². The van der Waals surface area contributed by atoms with Crippen LogP contribution in [0.2, 0.25) is 5.02 Å². The highest BCUT2D eigenvalue weighted by atomic mass is 35.5. The van der Waals surface area contributed by atoms with E-state index in [-0.39, 0.29) is 18.1 Å². The molecule has 1 heterocycles. The zero-order valence-electron chi connectivity index (χ0n) is 16.5. The number of halogens is 1. The van der Waals surface area contributed by atoms with E-state index in [2.05, 4.69) is 22.3 Å². The van der Waals surface area contributed by atoms with Crippen LogP contribution in [0.4, 0.5) is 4.79 Å². The van der Waals surface area contributed by atoms with Gasteiger partial charge in [-0.2, -0.15) is 0 Å². The predicted octanol–water partition coefficient (Wildman–Crippen LogP) is 4.12. The van der Waals surface area contributed by atoms with Crippen LogP contribution in [0.15, 0.2) is 54.6 Å². The van der Waals surface area contributed by atoms with Gasteiger partial charge in [-0.15, -0.1) is 0 Å². The van der Waals surface area contributed by atoms with Crippen molar-refractivity contribution in [2.75, 3.05) is 39.9 Å². The van der Waals surface area contributed by atoms with Crippen LogP contribution in [-0.4, -0.2) is 55.7 Å². The van der Waals surface area contributed by atoms with Gasteiger partial charge in [0.05, 0.1) is 25.3 Å². The van der Waals surface area contributed by atoms with E-state index in [4.69, 9.17) is 16.3 Å². The van der Waals surface area contributed by atoms with E-state index in [0.29, 0.717) is 11.6 Å². The maximum atomic E-state index is 12.8. The first-order valence-electron chi connectivity index (χ1n) is 9.69.